The van der Waals surface area contributed by atoms with E-state index in [1.165, 1.54) is 51.4 Å². The van der Waals surface area contributed by atoms with Gasteiger partial charge in [-0.05, 0) is 56.4 Å². The highest BCUT2D eigenvalue weighted by Crippen LogP contribution is 2.45. The highest BCUT2D eigenvalue weighted by atomic mass is 35.5. The van der Waals surface area contributed by atoms with E-state index in [0.717, 1.165) is 24.7 Å². The van der Waals surface area contributed by atoms with Gasteiger partial charge in [-0.3, -0.25) is 0 Å². The summed E-state index contributed by atoms with van der Waals surface area (Å²) in [6.07, 6.45) is 14.3. The van der Waals surface area contributed by atoms with Gasteiger partial charge in [0.1, 0.15) is 0 Å². The Morgan fingerprint density at radius 2 is 1.52 bits per heavy atom. The molecule has 3 rings (SSSR count). The van der Waals surface area contributed by atoms with Crippen molar-refractivity contribution in [2.24, 2.45) is 17.8 Å². The van der Waals surface area contributed by atoms with E-state index in [4.69, 9.17) is 16.3 Å². The Hall–Kier alpha value is -0.800. The molecule has 164 valence electrons. The molecular weight excluding hydrogens is 387 g/mol. The number of rotatable bonds is 8. The number of hydrogen-bond donors (Lipinski definition) is 1. The fourth-order valence-electron chi connectivity index (χ4n) is 5.56. The molecule has 0 bridgehead atoms. The lowest BCUT2D eigenvalue weighted by molar-refractivity contribution is -0.0162. The third-order valence-corrected chi connectivity index (χ3v) is 7.80. The van der Waals surface area contributed by atoms with Crippen LogP contribution in [0.2, 0.25) is 5.02 Å². The van der Waals surface area contributed by atoms with E-state index in [1.807, 2.05) is 6.92 Å². The van der Waals surface area contributed by atoms with Gasteiger partial charge in [-0.15, -0.1) is 0 Å². The molecule has 2 saturated carbocycles. The molecule has 1 N–H and O–H groups in total. The summed E-state index contributed by atoms with van der Waals surface area (Å²) in [6, 6.07) is 3.34. The lowest BCUT2D eigenvalue weighted by Crippen LogP contribution is -2.32. The molecule has 1 aromatic carbocycles. The zero-order chi connectivity index (χ0) is 20.9. The summed E-state index contributed by atoms with van der Waals surface area (Å²) < 4.78 is 19.8. The van der Waals surface area contributed by atoms with E-state index in [0.29, 0.717) is 30.9 Å². The maximum absolute atomic E-state index is 14.5. The quantitative estimate of drug-likeness (QED) is 0.464. The van der Waals surface area contributed by atoms with E-state index < -0.39 is 11.4 Å². The lowest BCUT2D eigenvalue weighted by Gasteiger charge is -2.38. The first-order valence-corrected chi connectivity index (χ1v) is 12.2. The topological polar surface area (TPSA) is 29.5 Å². The molecule has 0 heterocycles. The summed E-state index contributed by atoms with van der Waals surface area (Å²) in [5.74, 6) is 2.15. The van der Waals surface area contributed by atoms with Crippen molar-refractivity contribution >= 4 is 11.6 Å². The zero-order valence-corrected chi connectivity index (χ0v) is 18.9. The van der Waals surface area contributed by atoms with Crippen LogP contribution in [-0.4, -0.2) is 11.7 Å². The molecule has 2 aliphatic rings. The monoisotopic (exact) mass is 424 g/mol. The molecule has 0 aromatic heterocycles. The molecule has 4 heteroatoms. The van der Waals surface area contributed by atoms with Crippen LogP contribution in [0.3, 0.4) is 0 Å². The molecule has 1 aromatic rings. The Morgan fingerprint density at radius 1 is 0.966 bits per heavy atom. The van der Waals surface area contributed by atoms with Gasteiger partial charge in [0.25, 0.3) is 0 Å². The SMILES string of the molecule is CCC[C@H]1CC[C@H](CCC2CCC(O)(c3ccc(OCC)c(F)c3Cl)CC2)CC1. The van der Waals surface area contributed by atoms with Gasteiger partial charge in [0, 0.05) is 5.56 Å². The van der Waals surface area contributed by atoms with Crippen LogP contribution in [0.25, 0.3) is 0 Å². The summed E-state index contributed by atoms with van der Waals surface area (Å²) in [6.45, 7) is 4.50. The van der Waals surface area contributed by atoms with E-state index in [-0.39, 0.29) is 10.8 Å². The maximum atomic E-state index is 14.5. The van der Waals surface area contributed by atoms with Crippen molar-refractivity contribution in [1.82, 2.24) is 0 Å². The van der Waals surface area contributed by atoms with Crippen LogP contribution in [-0.2, 0) is 5.60 Å². The predicted octanol–water partition coefficient (Wildman–Crippen LogP) is 7.64. The number of benzene rings is 1. The van der Waals surface area contributed by atoms with E-state index in [1.54, 1.807) is 12.1 Å². The van der Waals surface area contributed by atoms with E-state index >= 15 is 0 Å². The Balaban J connectivity index is 1.49. The normalized spacial score (nSPS) is 30.3. The maximum Gasteiger partial charge on any atom is 0.183 e. The minimum Gasteiger partial charge on any atom is -0.491 e. The summed E-state index contributed by atoms with van der Waals surface area (Å²) >= 11 is 6.28. The number of hydrogen-bond acceptors (Lipinski definition) is 2. The third kappa shape index (κ3) is 5.67. The van der Waals surface area contributed by atoms with Crippen LogP contribution in [0.4, 0.5) is 4.39 Å². The molecule has 0 amide bonds. The van der Waals surface area contributed by atoms with Gasteiger partial charge in [-0.1, -0.05) is 76.0 Å². The largest absolute Gasteiger partial charge is 0.491 e. The van der Waals surface area contributed by atoms with Crippen LogP contribution in [0.15, 0.2) is 12.1 Å². The van der Waals surface area contributed by atoms with Gasteiger partial charge in [0.15, 0.2) is 11.6 Å². The molecule has 2 nitrogen and oxygen atoms in total. The van der Waals surface area contributed by atoms with Crippen LogP contribution >= 0.6 is 11.6 Å². The smallest absolute Gasteiger partial charge is 0.183 e. The zero-order valence-electron chi connectivity index (χ0n) is 18.2. The van der Waals surface area contributed by atoms with Crippen LogP contribution < -0.4 is 4.74 Å². The fourth-order valence-corrected chi connectivity index (χ4v) is 5.89. The summed E-state index contributed by atoms with van der Waals surface area (Å²) in [5.41, 5.74) is -0.495. The van der Waals surface area contributed by atoms with Gasteiger partial charge >= 0.3 is 0 Å². The molecule has 0 atom stereocenters. The second-order valence-electron chi connectivity index (χ2n) is 9.40. The van der Waals surface area contributed by atoms with Gasteiger partial charge in [-0.2, -0.15) is 0 Å². The molecule has 0 radical (unpaired) electrons. The molecule has 0 unspecified atom stereocenters. The first kappa shape index (κ1) is 22.9. The Bertz CT molecular complexity index is 646. The van der Waals surface area contributed by atoms with Gasteiger partial charge in [-0.25, -0.2) is 4.39 Å². The van der Waals surface area contributed by atoms with Crippen molar-refractivity contribution in [2.75, 3.05) is 6.61 Å². The molecule has 2 fully saturated rings. The third-order valence-electron chi connectivity index (χ3n) is 7.43. The van der Waals surface area contributed by atoms with Crippen LogP contribution in [0.5, 0.6) is 5.75 Å². The Morgan fingerprint density at radius 3 is 2.07 bits per heavy atom. The van der Waals surface area contributed by atoms with Gasteiger partial charge in [0.2, 0.25) is 0 Å². The molecule has 0 spiro atoms. The van der Waals surface area contributed by atoms with E-state index in [9.17, 15) is 9.50 Å². The summed E-state index contributed by atoms with van der Waals surface area (Å²) in [7, 11) is 0. The second kappa shape index (κ2) is 10.5. The first-order valence-electron chi connectivity index (χ1n) is 11.8. The molecular formula is C25H38ClFO2. The molecule has 0 saturated heterocycles. The van der Waals surface area contributed by atoms with Crippen LogP contribution in [0, 0.1) is 23.6 Å². The standard InChI is InChI=1S/C25H38ClFO2/c1-3-5-18-6-8-19(9-7-18)10-11-20-14-16-25(28,17-15-20)21-12-13-22(29-4-2)24(27)23(21)26/h12-13,18-20,28H,3-11,14-17H2,1-2H3/t18-,19-,20?,25?. The second-order valence-corrected chi connectivity index (χ2v) is 9.78. The summed E-state index contributed by atoms with van der Waals surface area (Å²) in [5, 5.41) is 11.2. The Kier molecular flexibility index (Phi) is 8.27. The first-order chi connectivity index (χ1) is 14.0. The van der Waals surface area contributed by atoms with Gasteiger partial charge < -0.3 is 9.84 Å². The minimum atomic E-state index is -1.02. The minimum absolute atomic E-state index is 0.0146. The fraction of sp³-hybridized carbons (Fsp3) is 0.760. The van der Waals surface area contributed by atoms with Gasteiger partial charge in [0.05, 0.1) is 17.2 Å². The van der Waals surface area contributed by atoms with Crippen molar-refractivity contribution in [3.63, 3.8) is 0 Å². The van der Waals surface area contributed by atoms with E-state index in [2.05, 4.69) is 6.92 Å². The summed E-state index contributed by atoms with van der Waals surface area (Å²) in [4.78, 5) is 0. The predicted molar refractivity (Wildman–Crippen MR) is 118 cm³/mol. The highest BCUT2D eigenvalue weighted by Gasteiger charge is 2.37. The lowest BCUT2D eigenvalue weighted by atomic mass is 9.72. The number of halogens is 2. The average molecular weight is 425 g/mol. The molecule has 2 aliphatic carbocycles. The number of aliphatic hydroxyl groups is 1. The number of ether oxygens (including phenoxy) is 1. The molecule has 0 aliphatic heterocycles. The Labute approximate surface area is 181 Å². The van der Waals surface area contributed by atoms with Crippen molar-refractivity contribution in [2.45, 2.75) is 96.5 Å². The van der Waals surface area contributed by atoms with Crippen molar-refractivity contribution in [3.8, 4) is 5.75 Å². The van der Waals surface area contributed by atoms with Crippen molar-refractivity contribution in [3.05, 3.63) is 28.5 Å². The average Bonchev–Trinajstić information content (AvgIpc) is 2.72. The molecule has 29 heavy (non-hydrogen) atoms. The van der Waals surface area contributed by atoms with Crippen molar-refractivity contribution < 1.29 is 14.2 Å². The van der Waals surface area contributed by atoms with Crippen molar-refractivity contribution in [1.29, 1.82) is 0 Å². The van der Waals surface area contributed by atoms with Crippen LogP contribution in [0.1, 0.15) is 96.5 Å². The highest BCUT2D eigenvalue weighted by molar-refractivity contribution is 6.31.